The van der Waals surface area contributed by atoms with Gasteiger partial charge in [-0.2, -0.15) is 0 Å². The summed E-state index contributed by atoms with van der Waals surface area (Å²) in [4.78, 5) is 24.9. The van der Waals surface area contributed by atoms with Gasteiger partial charge in [-0.25, -0.2) is 4.79 Å². The van der Waals surface area contributed by atoms with Gasteiger partial charge in [0.15, 0.2) is 6.10 Å². The molecule has 0 saturated heterocycles. The first kappa shape index (κ1) is 19.2. The molecule has 21 heavy (non-hydrogen) atoms. The van der Waals surface area contributed by atoms with E-state index in [1.165, 1.54) is 4.90 Å². The van der Waals surface area contributed by atoms with E-state index in [-0.39, 0.29) is 5.91 Å². The molecule has 0 radical (unpaired) electrons. The second-order valence-electron chi connectivity index (χ2n) is 4.41. The van der Waals surface area contributed by atoms with Crippen LogP contribution in [0, 0.1) is 10.7 Å². The first-order chi connectivity index (χ1) is 9.70. The molecule has 1 aromatic rings. The largest absolute Gasteiger partial charge is 0.479 e. The van der Waals surface area contributed by atoms with Crippen molar-refractivity contribution in [1.82, 2.24) is 4.90 Å². The highest BCUT2D eigenvalue weighted by Gasteiger charge is 2.25. The summed E-state index contributed by atoms with van der Waals surface area (Å²) in [7, 11) is 3.36. The Balaban J connectivity index is 3.37. The quantitative estimate of drug-likeness (QED) is 0.508. The molecule has 0 aliphatic carbocycles. The van der Waals surface area contributed by atoms with Gasteiger partial charge in [0.2, 0.25) is 0 Å². The fraction of sp³-hybridized carbons (Fsp3) is 0.385. The van der Waals surface area contributed by atoms with Gasteiger partial charge in [-0.3, -0.25) is 4.79 Å². The molecule has 0 saturated carbocycles. The molecule has 1 amide bonds. The molecule has 5 nitrogen and oxygen atoms in total. The van der Waals surface area contributed by atoms with Gasteiger partial charge in [-0.15, -0.1) is 0 Å². The number of benzene rings is 1. The van der Waals surface area contributed by atoms with E-state index in [1.807, 2.05) is 28.7 Å². The second kappa shape index (κ2) is 8.13. The van der Waals surface area contributed by atoms with E-state index in [9.17, 15) is 9.59 Å². The van der Waals surface area contributed by atoms with Crippen molar-refractivity contribution < 1.29 is 19.4 Å². The molecular formula is C13H14I3NO4. The number of hydrogen-bond acceptors (Lipinski definition) is 3. The first-order valence-electron chi connectivity index (χ1n) is 5.99. The first-order valence-corrected chi connectivity index (χ1v) is 9.22. The minimum atomic E-state index is -1.01. The summed E-state index contributed by atoms with van der Waals surface area (Å²) < 4.78 is 7.87. The lowest BCUT2D eigenvalue weighted by molar-refractivity contribution is -0.145. The average molecular weight is 629 g/mol. The lowest BCUT2D eigenvalue weighted by Gasteiger charge is -2.20. The monoisotopic (exact) mass is 629 g/mol. The molecule has 0 aliphatic rings. The van der Waals surface area contributed by atoms with Crippen molar-refractivity contribution in [3.63, 3.8) is 0 Å². The number of carboxylic acids is 1. The lowest BCUT2D eigenvalue weighted by Crippen LogP contribution is -2.28. The Hall–Kier alpha value is 0.150. The van der Waals surface area contributed by atoms with Crippen LogP contribution in [0.15, 0.2) is 6.07 Å². The van der Waals surface area contributed by atoms with Crippen LogP contribution in [0.25, 0.3) is 0 Å². The molecule has 1 atom stereocenters. The molecule has 0 aromatic heterocycles. The van der Waals surface area contributed by atoms with Crippen LogP contribution in [-0.4, -0.2) is 42.1 Å². The molecule has 8 heteroatoms. The maximum Gasteiger partial charge on any atom is 0.344 e. The third kappa shape index (κ3) is 4.56. The lowest BCUT2D eigenvalue weighted by atomic mass is 10.2. The summed E-state index contributed by atoms with van der Waals surface area (Å²) in [6.07, 6.45) is -0.570. The van der Waals surface area contributed by atoms with Gasteiger partial charge in [0, 0.05) is 17.7 Å². The van der Waals surface area contributed by atoms with E-state index in [0.717, 1.165) is 7.14 Å². The van der Waals surface area contributed by atoms with Crippen molar-refractivity contribution in [3.8, 4) is 5.75 Å². The molecule has 1 unspecified atom stereocenters. The Kier molecular flexibility index (Phi) is 7.43. The van der Waals surface area contributed by atoms with Gasteiger partial charge in [-0.05, 0) is 80.3 Å². The highest BCUT2D eigenvalue weighted by atomic mass is 127. The SMILES string of the molecule is CCC(Oc1c(I)cc(I)c(C(=O)N(C)C)c1I)C(=O)O. The van der Waals surface area contributed by atoms with Crippen molar-refractivity contribution >= 4 is 79.6 Å². The van der Waals surface area contributed by atoms with Crippen LogP contribution in [0.2, 0.25) is 0 Å². The zero-order valence-corrected chi connectivity index (χ0v) is 18.1. The van der Waals surface area contributed by atoms with Gasteiger partial charge in [0.05, 0.1) is 12.7 Å². The topological polar surface area (TPSA) is 66.8 Å². The highest BCUT2D eigenvalue weighted by molar-refractivity contribution is 14.1. The summed E-state index contributed by atoms with van der Waals surface area (Å²) in [6, 6.07) is 1.82. The van der Waals surface area contributed by atoms with Gasteiger partial charge < -0.3 is 14.7 Å². The molecule has 0 fully saturated rings. The maximum absolute atomic E-state index is 12.3. The average Bonchev–Trinajstić information content (AvgIpc) is 2.37. The highest BCUT2D eigenvalue weighted by Crippen LogP contribution is 2.35. The second-order valence-corrected chi connectivity index (χ2v) is 7.81. The third-order valence-corrected chi connectivity index (χ3v) is 5.34. The van der Waals surface area contributed by atoms with Gasteiger partial charge in [0.1, 0.15) is 5.75 Å². The van der Waals surface area contributed by atoms with E-state index in [0.29, 0.717) is 21.3 Å². The van der Waals surface area contributed by atoms with Crippen LogP contribution < -0.4 is 4.74 Å². The molecular weight excluding hydrogens is 615 g/mol. The Morgan fingerprint density at radius 3 is 2.29 bits per heavy atom. The number of hydrogen-bond donors (Lipinski definition) is 1. The smallest absolute Gasteiger partial charge is 0.344 e. The zero-order valence-electron chi connectivity index (χ0n) is 11.6. The van der Waals surface area contributed by atoms with Crippen molar-refractivity contribution in [1.29, 1.82) is 0 Å². The van der Waals surface area contributed by atoms with E-state index < -0.39 is 12.1 Å². The Labute approximate surface area is 164 Å². The maximum atomic E-state index is 12.3. The number of rotatable bonds is 5. The summed E-state index contributed by atoms with van der Waals surface area (Å²) in [5.41, 5.74) is 0.539. The predicted molar refractivity (Wildman–Crippen MR) is 105 cm³/mol. The van der Waals surface area contributed by atoms with Gasteiger partial charge in [0.25, 0.3) is 5.91 Å². The van der Waals surface area contributed by atoms with E-state index in [4.69, 9.17) is 9.84 Å². The fourth-order valence-electron chi connectivity index (χ4n) is 1.55. The number of ether oxygens (including phenoxy) is 1. The van der Waals surface area contributed by atoms with Gasteiger partial charge in [-0.1, -0.05) is 6.92 Å². The third-order valence-electron chi connectivity index (χ3n) is 2.65. The number of carbonyl (C=O) groups is 2. The van der Waals surface area contributed by atoms with Crippen LogP contribution in [-0.2, 0) is 4.79 Å². The van der Waals surface area contributed by atoms with Crippen LogP contribution in [0.4, 0.5) is 0 Å². The number of carboxylic acid groups (broad SMARTS) is 1. The van der Waals surface area contributed by atoms with Gasteiger partial charge >= 0.3 is 5.97 Å². The Bertz CT molecular complexity index is 575. The minimum absolute atomic E-state index is 0.131. The van der Waals surface area contributed by atoms with Crippen LogP contribution in [0.1, 0.15) is 23.7 Å². The van der Waals surface area contributed by atoms with Crippen LogP contribution >= 0.6 is 67.8 Å². The number of amides is 1. The van der Waals surface area contributed by atoms with Crippen molar-refractivity contribution in [2.45, 2.75) is 19.4 Å². The number of carbonyl (C=O) groups excluding carboxylic acids is 1. The van der Waals surface area contributed by atoms with E-state index >= 15 is 0 Å². The van der Waals surface area contributed by atoms with Crippen molar-refractivity contribution in [3.05, 3.63) is 22.3 Å². The Morgan fingerprint density at radius 2 is 1.86 bits per heavy atom. The summed E-state index contributed by atoms with van der Waals surface area (Å²) >= 11 is 6.23. The number of nitrogens with zero attached hydrogens (tertiary/aromatic N) is 1. The van der Waals surface area contributed by atoms with E-state index in [1.54, 1.807) is 21.0 Å². The molecule has 0 aliphatic heterocycles. The fourth-order valence-corrected chi connectivity index (χ4v) is 5.64. The molecule has 0 heterocycles. The van der Waals surface area contributed by atoms with Crippen molar-refractivity contribution in [2.75, 3.05) is 14.1 Å². The van der Waals surface area contributed by atoms with Crippen LogP contribution in [0.3, 0.4) is 0 Å². The minimum Gasteiger partial charge on any atom is -0.479 e. The molecule has 1 aromatic carbocycles. The van der Waals surface area contributed by atoms with Crippen LogP contribution in [0.5, 0.6) is 5.75 Å². The van der Waals surface area contributed by atoms with Crippen molar-refractivity contribution in [2.24, 2.45) is 0 Å². The summed E-state index contributed by atoms with van der Waals surface area (Å²) in [5, 5.41) is 9.13. The zero-order chi connectivity index (χ0) is 16.3. The Morgan fingerprint density at radius 1 is 1.29 bits per heavy atom. The number of aliphatic carboxylic acids is 1. The van der Waals surface area contributed by atoms with E-state index in [2.05, 4.69) is 45.2 Å². The predicted octanol–water partition coefficient (Wildman–Crippen LogP) is 3.44. The molecule has 0 spiro atoms. The standard InChI is InChI=1S/C13H14I3NO4/c1-4-8(13(19)20)21-11-7(15)5-6(14)9(10(11)16)12(18)17(2)3/h5,8H,4H2,1-3H3,(H,19,20). The summed E-state index contributed by atoms with van der Waals surface area (Å²) in [5.74, 6) is -0.687. The molecule has 116 valence electrons. The summed E-state index contributed by atoms with van der Waals surface area (Å²) in [6.45, 7) is 1.75. The molecule has 1 N–H and O–H groups in total. The number of halogens is 3. The molecule has 1 rings (SSSR count). The normalized spacial score (nSPS) is 11.9. The molecule has 0 bridgehead atoms.